The van der Waals surface area contributed by atoms with Gasteiger partial charge in [-0.15, -0.1) is 0 Å². The lowest BCUT2D eigenvalue weighted by molar-refractivity contribution is -0.139. The van der Waals surface area contributed by atoms with E-state index in [1.807, 2.05) is 0 Å². The van der Waals surface area contributed by atoms with Crippen molar-refractivity contribution in [2.75, 3.05) is 14.2 Å². The van der Waals surface area contributed by atoms with Gasteiger partial charge in [0, 0.05) is 6.42 Å². The van der Waals surface area contributed by atoms with E-state index in [1.165, 1.54) is 0 Å². The highest BCUT2D eigenvalue weighted by atomic mass is 19.1. The molecule has 0 fully saturated rings. The van der Waals surface area contributed by atoms with E-state index in [0.29, 0.717) is 17.1 Å². The molecule has 0 saturated heterocycles. The summed E-state index contributed by atoms with van der Waals surface area (Å²) >= 11 is 0. The number of halogens is 2. The summed E-state index contributed by atoms with van der Waals surface area (Å²) in [4.78, 5) is 24.0. The van der Waals surface area contributed by atoms with Crippen LogP contribution in [-0.2, 0) is 11.2 Å². The number of carboxylic acids is 1. The number of hydrogen-bond donors (Lipinski definition) is 2. The average molecular weight is 441 g/mol. The van der Waals surface area contributed by atoms with Gasteiger partial charge in [-0.1, -0.05) is 36.4 Å². The van der Waals surface area contributed by atoms with Crippen molar-refractivity contribution >= 4 is 11.9 Å². The minimum Gasteiger partial charge on any atom is -0.496 e. The van der Waals surface area contributed by atoms with E-state index in [4.69, 9.17) is 9.47 Å². The van der Waals surface area contributed by atoms with E-state index in [1.54, 1.807) is 56.7 Å². The van der Waals surface area contributed by atoms with Crippen LogP contribution in [-0.4, -0.2) is 37.2 Å². The third-order valence-electron chi connectivity index (χ3n) is 4.90. The summed E-state index contributed by atoms with van der Waals surface area (Å²) < 4.78 is 38.5. The second-order valence-electron chi connectivity index (χ2n) is 6.90. The Morgan fingerprint density at radius 3 is 1.94 bits per heavy atom. The predicted octanol–water partition coefficient (Wildman–Crippen LogP) is 4.07. The zero-order valence-electron chi connectivity index (χ0n) is 17.4. The number of methoxy groups -OCH3 is 2. The Labute approximate surface area is 183 Å². The fourth-order valence-corrected chi connectivity index (χ4v) is 3.32. The summed E-state index contributed by atoms with van der Waals surface area (Å²) in [6.07, 6.45) is -0.0829. The Bertz CT molecular complexity index is 1090. The van der Waals surface area contributed by atoms with Gasteiger partial charge in [-0.2, -0.15) is 0 Å². The quantitative estimate of drug-likeness (QED) is 0.551. The smallest absolute Gasteiger partial charge is 0.326 e. The number of carboxylic acid groups (broad SMARTS) is 1. The number of rotatable bonds is 8. The third-order valence-corrected chi connectivity index (χ3v) is 4.90. The topological polar surface area (TPSA) is 84.9 Å². The number of ether oxygens (including phenoxy) is 2. The maximum Gasteiger partial charge on any atom is 0.326 e. The summed E-state index contributed by atoms with van der Waals surface area (Å²) in [5, 5.41) is 11.7. The molecule has 6 nitrogen and oxygen atoms in total. The van der Waals surface area contributed by atoms with Crippen LogP contribution in [0.5, 0.6) is 11.5 Å². The molecule has 8 heteroatoms. The van der Waals surface area contributed by atoms with Crippen LogP contribution in [0.2, 0.25) is 0 Å². The minimum absolute atomic E-state index is 0.0829. The average Bonchev–Trinajstić information content (AvgIpc) is 2.78. The summed E-state index contributed by atoms with van der Waals surface area (Å²) in [5.41, 5.74) is 1.30. The molecule has 2 N–H and O–H groups in total. The second-order valence-corrected chi connectivity index (χ2v) is 6.90. The Morgan fingerprint density at radius 2 is 1.44 bits per heavy atom. The fraction of sp³-hybridized carbons (Fsp3) is 0.167. The van der Waals surface area contributed by atoms with Crippen LogP contribution in [0.15, 0.2) is 60.7 Å². The second kappa shape index (κ2) is 9.91. The molecule has 32 heavy (non-hydrogen) atoms. The minimum atomic E-state index is -1.38. The van der Waals surface area contributed by atoms with Crippen molar-refractivity contribution in [2.45, 2.75) is 12.5 Å². The Hall–Kier alpha value is -3.94. The van der Waals surface area contributed by atoms with Crippen molar-refractivity contribution in [1.82, 2.24) is 5.32 Å². The van der Waals surface area contributed by atoms with E-state index in [0.717, 1.165) is 29.3 Å². The van der Waals surface area contributed by atoms with Crippen molar-refractivity contribution in [3.05, 3.63) is 83.4 Å². The molecule has 0 bridgehead atoms. The first-order valence-electron chi connectivity index (χ1n) is 9.63. The summed E-state index contributed by atoms with van der Waals surface area (Å²) in [7, 11) is 3.09. The van der Waals surface area contributed by atoms with E-state index < -0.39 is 35.1 Å². The van der Waals surface area contributed by atoms with Gasteiger partial charge in [0.1, 0.15) is 34.7 Å². The highest BCUT2D eigenvalue weighted by Gasteiger charge is 2.25. The van der Waals surface area contributed by atoms with Gasteiger partial charge in [0.2, 0.25) is 0 Å². The van der Waals surface area contributed by atoms with Crippen LogP contribution in [0.3, 0.4) is 0 Å². The molecule has 0 heterocycles. The molecular formula is C24H21F2NO5. The maximum absolute atomic E-state index is 13.8. The molecule has 0 unspecified atom stereocenters. The zero-order chi connectivity index (χ0) is 23.3. The Kier molecular flexibility index (Phi) is 7.04. The molecule has 3 rings (SSSR count). The molecule has 0 aliphatic rings. The van der Waals surface area contributed by atoms with Crippen LogP contribution >= 0.6 is 0 Å². The monoisotopic (exact) mass is 441 g/mol. The maximum atomic E-state index is 13.8. The number of nitrogens with one attached hydrogen (secondary N) is 1. The van der Waals surface area contributed by atoms with E-state index in [2.05, 4.69) is 5.32 Å². The molecule has 166 valence electrons. The molecule has 3 aromatic carbocycles. The Morgan fingerprint density at radius 1 is 0.906 bits per heavy atom. The number of hydrogen-bond acceptors (Lipinski definition) is 4. The Balaban J connectivity index is 1.82. The van der Waals surface area contributed by atoms with Crippen molar-refractivity contribution in [1.29, 1.82) is 0 Å². The standard InChI is InChI=1S/C24H21F2NO5/c1-31-19-7-4-8-20(32-2)21(19)15-11-9-14(10-12-15)13-18(24(29)30)27-23(28)22-16(25)5-3-6-17(22)26/h3-12,18H,13H2,1-2H3,(H,27,28)(H,29,30)/t18-/m0/s1. The van der Waals surface area contributed by atoms with Crippen LogP contribution in [0.25, 0.3) is 11.1 Å². The number of amides is 1. The molecule has 0 spiro atoms. The van der Waals surface area contributed by atoms with Gasteiger partial charge in [0.25, 0.3) is 5.91 Å². The molecule has 3 aromatic rings. The molecular weight excluding hydrogens is 420 g/mol. The first-order chi connectivity index (χ1) is 15.3. The number of carbonyl (C=O) groups excluding carboxylic acids is 1. The molecule has 1 amide bonds. The molecule has 0 saturated carbocycles. The number of aliphatic carboxylic acids is 1. The molecule has 0 aliphatic carbocycles. The van der Waals surface area contributed by atoms with E-state index >= 15 is 0 Å². The van der Waals surface area contributed by atoms with Crippen molar-refractivity contribution in [3.8, 4) is 22.6 Å². The summed E-state index contributed by atoms with van der Waals surface area (Å²) in [5.74, 6) is -3.38. The number of benzene rings is 3. The number of carbonyl (C=O) groups is 2. The molecule has 0 aromatic heterocycles. The highest BCUT2D eigenvalue weighted by molar-refractivity contribution is 5.97. The molecule has 0 radical (unpaired) electrons. The van der Waals surface area contributed by atoms with Crippen molar-refractivity contribution < 1.29 is 33.0 Å². The van der Waals surface area contributed by atoms with Gasteiger partial charge < -0.3 is 19.9 Å². The lowest BCUT2D eigenvalue weighted by atomic mass is 9.99. The van der Waals surface area contributed by atoms with Gasteiger partial charge in [0.15, 0.2) is 0 Å². The van der Waals surface area contributed by atoms with Crippen molar-refractivity contribution in [2.24, 2.45) is 0 Å². The van der Waals surface area contributed by atoms with Gasteiger partial charge in [-0.3, -0.25) is 4.79 Å². The van der Waals surface area contributed by atoms with Crippen LogP contribution in [0.4, 0.5) is 8.78 Å². The predicted molar refractivity (Wildman–Crippen MR) is 114 cm³/mol. The summed E-state index contributed by atoms with van der Waals surface area (Å²) in [6.45, 7) is 0. The highest BCUT2D eigenvalue weighted by Crippen LogP contribution is 2.38. The van der Waals surface area contributed by atoms with Gasteiger partial charge in [-0.25, -0.2) is 13.6 Å². The normalized spacial score (nSPS) is 11.5. The van der Waals surface area contributed by atoms with E-state index in [-0.39, 0.29) is 6.42 Å². The lowest BCUT2D eigenvalue weighted by Crippen LogP contribution is -2.42. The SMILES string of the molecule is COc1cccc(OC)c1-c1ccc(C[C@H](NC(=O)c2c(F)cccc2F)C(=O)O)cc1. The van der Waals surface area contributed by atoms with E-state index in [9.17, 15) is 23.5 Å². The van der Waals surface area contributed by atoms with Crippen LogP contribution in [0, 0.1) is 11.6 Å². The van der Waals surface area contributed by atoms with Gasteiger partial charge >= 0.3 is 5.97 Å². The first-order valence-corrected chi connectivity index (χ1v) is 9.63. The lowest BCUT2D eigenvalue weighted by Gasteiger charge is -2.16. The molecule has 0 aliphatic heterocycles. The zero-order valence-corrected chi connectivity index (χ0v) is 17.4. The van der Waals surface area contributed by atoms with Gasteiger partial charge in [-0.05, 0) is 35.4 Å². The fourth-order valence-electron chi connectivity index (χ4n) is 3.32. The molecule has 1 atom stereocenters. The van der Waals surface area contributed by atoms with Crippen molar-refractivity contribution in [3.63, 3.8) is 0 Å². The van der Waals surface area contributed by atoms with Crippen LogP contribution < -0.4 is 14.8 Å². The summed E-state index contributed by atoms with van der Waals surface area (Å²) in [6, 6.07) is 13.9. The third kappa shape index (κ3) is 4.85. The largest absolute Gasteiger partial charge is 0.496 e. The first kappa shape index (κ1) is 22.7. The van der Waals surface area contributed by atoms with Gasteiger partial charge in [0.05, 0.1) is 19.8 Å². The van der Waals surface area contributed by atoms with Crippen LogP contribution in [0.1, 0.15) is 15.9 Å².